The average molecular weight is 278 g/mol. The summed E-state index contributed by atoms with van der Waals surface area (Å²) in [7, 11) is 1.47. The molecule has 6 nitrogen and oxygen atoms in total. The molecule has 0 radical (unpaired) electrons. The molecule has 7 N–H and O–H groups in total. The summed E-state index contributed by atoms with van der Waals surface area (Å²) >= 11 is 0. The zero-order valence-corrected chi connectivity index (χ0v) is 10.9. The Hall–Kier alpha value is -1.06. The van der Waals surface area contributed by atoms with Gasteiger partial charge >= 0.3 is 0 Å². The van der Waals surface area contributed by atoms with E-state index in [1.807, 2.05) is 0 Å². The van der Waals surface area contributed by atoms with E-state index in [9.17, 15) is 13.9 Å². The fraction of sp³-hybridized carbons (Fsp3) is 0.636. The maximum absolute atomic E-state index is 12.8. The number of aliphatic hydroxyl groups is 1. The van der Waals surface area contributed by atoms with Gasteiger partial charge in [-0.05, 0) is 11.6 Å². The highest BCUT2D eigenvalue weighted by atomic mass is 19.3. The summed E-state index contributed by atoms with van der Waals surface area (Å²) in [6.07, 6.45) is -0.152. The van der Waals surface area contributed by atoms with Crippen molar-refractivity contribution < 1.29 is 18.6 Å². The summed E-state index contributed by atoms with van der Waals surface area (Å²) in [6, 6.07) is 0. The van der Waals surface area contributed by atoms with Crippen LogP contribution in [-0.4, -0.2) is 43.3 Å². The second kappa shape index (κ2) is 6.40. The number of ether oxygens (including phenoxy) is 1. The van der Waals surface area contributed by atoms with Gasteiger partial charge in [0.05, 0.1) is 11.9 Å². The minimum absolute atomic E-state index is 0.332. The summed E-state index contributed by atoms with van der Waals surface area (Å²) in [6.45, 7) is 0.944. The van der Waals surface area contributed by atoms with Crippen LogP contribution in [0.15, 0.2) is 23.4 Å². The van der Waals surface area contributed by atoms with E-state index in [0.717, 1.165) is 0 Å². The number of hydrogen-bond acceptors (Lipinski definition) is 6. The molecule has 0 bridgehead atoms. The molecule has 1 aliphatic rings. The zero-order chi connectivity index (χ0) is 14.6. The molecule has 110 valence electrons. The van der Waals surface area contributed by atoms with Gasteiger partial charge in [-0.25, -0.2) is 8.78 Å². The van der Waals surface area contributed by atoms with Crippen LogP contribution in [0.25, 0.3) is 0 Å². The smallest absolute Gasteiger partial charge is 0.283 e. The predicted octanol–water partition coefficient (Wildman–Crippen LogP) is -0.821. The van der Waals surface area contributed by atoms with Gasteiger partial charge in [0.25, 0.3) is 5.92 Å². The van der Waals surface area contributed by atoms with Crippen molar-refractivity contribution in [3.05, 3.63) is 23.4 Å². The molecule has 0 fully saturated rings. The standard InChI is InChI=1S/C11H20F2N4O2/c1-11(12,13)10(18)17-8(14)6-3-4-7(16-5-6)9(15)19-2/h3-4,8-10,16-18H,5,14-15H2,1-2H3. The number of alkyl halides is 2. The van der Waals surface area contributed by atoms with Crippen LogP contribution in [0.4, 0.5) is 8.78 Å². The normalized spacial score (nSPS) is 21.0. The maximum atomic E-state index is 12.8. The lowest BCUT2D eigenvalue weighted by atomic mass is 10.1. The molecule has 19 heavy (non-hydrogen) atoms. The third kappa shape index (κ3) is 4.51. The topological polar surface area (TPSA) is 106 Å². The Balaban J connectivity index is 2.63. The van der Waals surface area contributed by atoms with E-state index < -0.39 is 24.5 Å². The van der Waals surface area contributed by atoms with Crippen molar-refractivity contribution in [2.75, 3.05) is 13.7 Å². The molecule has 0 aromatic carbocycles. The molecule has 3 unspecified atom stereocenters. The third-order valence-electron chi connectivity index (χ3n) is 2.75. The van der Waals surface area contributed by atoms with Gasteiger partial charge in [-0.15, -0.1) is 0 Å². The van der Waals surface area contributed by atoms with Crippen molar-refractivity contribution in [2.24, 2.45) is 11.5 Å². The quantitative estimate of drug-likeness (QED) is 0.407. The van der Waals surface area contributed by atoms with E-state index >= 15 is 0 Å². The molecule has 0 saturated heterocycles. The van der Waals surface area contributed by atoms with Gasteiger partial charge in [-0.1, -0.05) is 6.08 Å². The summed E-state index contributed by atoms with van der Waals surface area (Å²) in [5, 5.41) is 14.4. The number of dihydropyridines is 1. The van der Waals surface area contributed by atoms with Crippen LogP contribution in [0.2, 0.25) is 0 Å². The second-order valence-electron chi connectivity index (χ2n) is 4.38. The Labute approximate surface area is 110 Å². The highest BCUT2D eigenvalue weighted by Crippen LogP contribution is 2.16. The highest BCUT2D eigenvalue weighted by Gasteiger charge is 2.33. The monoisotopic (exact) mass is 278 g/mol. The lowest BCUT2D eigenvalue weighted by molar-refractivity contribution is -0.110. The maximum Gasteiger partial charge on any atom is 0.283 e. The first-order valence-electron chi connectivity index (χ1n) is 5.76. The van der Waals surface area contributed by atoms with Crippen molar-refractivity contribution >= 4 is 0 Å². The average Bonchev–Trinajstić information content (AvgIpc) is 2.36. The van der Waals surface area contributed by atoms with Crippen molar-refractivity contribution in [1.29, 1.82) is 0 Å². The van der Waals surface area contributed by atoms with Crippen LogP contribution >= 0.6 is 0 Å². The van der Waals surface area contributed by atoms with Crippen LogP contribution in [0.1, 0.15) is 6.92 Å². The number of allylic oxidation sites excluding steroid dienone is 2. The zero-order valence-electron chi connectivity index (χ0n) is 10.9. The van der Waals surface area contributed by atoms with Gasteiger partial charge in [0.1, 0.15) is 6.23 Å². The molecule has 8 heteroatoms. The summed E-state index contributed by atoms with van der Waals surface area (Å²) in [5.74, 6) is -3.26. The first-order valence-corrected chi connectivity index (χ1v) is 5.76. The van der Waals surface area contributed by atoms with Crippen LogP contribution in [0.5, 0.6) is 0 Å². The Morgan fingerprint density at radius 2 is 2.11 bits per heavy atom. The van der Waals surface area contributed by atoms with Crippen LogP contribution < -0.4 is 22.1 Å². The minimum Gasteiger partial charge on any atom is -0.381 e. The number of nitrogens with one attached hydrogen (secondary N) is 2. The fourth-order valence-corrected chi connectivity index (χ4v) is 1.48. The lowest BCUT2D eigenvalue weighted by Crippen LogP contribution is -2.53. The molecule has 3 atom stereocenters. The van der Waals surface area contributed by atoms with Crippen LogP contribution in [0, 0.1) is 0 Å². The number of hydrogen-bond donors (Lipinski definition) is 5. The Morgan fingerprint density at radius 3 is 2.53 bits per heavy atom. The molecular weight excluding hydrogens is 258 g/mol. The Kier molecular flexibility index (Phi) is 5.39. The molecule has 0 aliphatic carbocycles. The highest BCUT2D eigenvalue weighted by molar-refractivity contribution is 5.28. The first-order chi connectivity index (χ1) is 8.75. The van der Waals surface area contributed by atoms with E-state index in [4.69, 9.17) is 16.2 Å². The van der Waals surface area contributed by atoms with Gasteiger partial charge < -0.3 is 26.6 Å². The van der Waals surface area contributed by atoms with E-state index in [0.29, 0.717) is 24.7 Å². The number of methoxy groups -OCH3 is 1. The molecule has 0 saturated carbocycles. The molecule has 1 heterocycles. The fourth-order valence-electron chi connectivity index (χ4n) is 1.48. The van der Waals surface area contributed by atoms with E-state index in [2.05, 4.69) is 10.6 Å². The van der Waals surface area contributed by atoms with Crippen molar-refractivity contribution in [3.8, 4) is 0 Å². The predicted molar refractivity (Wildman–Crippen MR) is 66.9 cm³/mol. The molecule has 1 rings (SSSR count). The van der Waals surface area contributed by atoms with E-state index in [-0.39, 0.29) is 0 Å². The summed E-state index contributed by atoms with van der Waals surface area (Å²) in [4.78, 5) is 0. The van der Waals surface area contributed by atoms with Gasteiger partial charge in [0, 0.05) is 20.6 Å². The molecule has 1 aliphatic heterocycles. The first kappa shape index (κ1) is 16.0. The molecule has 0 aromatic heterocycles. The third-order valence-corrected chi connectivity index (χ3v) is 2.75. The van der Waals surface area contributed by atoms with Crippen LogP contribution in [-0.2, 0) is 4.74 Å². The number of rotatable bonds is 6. The summed E-state index contributed by atoms with van der Waals surface area (Å²) in [5.41, 5.74) is 12.6. The minimum atomic E-state index is -3.26. The van der Waals surface area contributed by atoms with E-state index in [1.54, 1.807) is 12.2 Å². The van der Waals surface area contributed by atoms with Gasteiger partial charge in [0.2, 0.25) is 0 Å². The van der Waals surface area contributed by atoms with Crippen molar-refractivity contribution in [3.63, 3.8) is 0 Å². The van der Waals surface area contributed by atoms with Crippen molar-refractivity contribution in [1.82, 2.24) is 10.6 Å². The Morgan fingerprint density at radius 1 is 1.47 bits per heavy atom. The number of halogens is 2. The molecule has 0 aromatic rings. The van der Waals surface area contributed by atoms with Crippen molar-refractivity contribution in [2.45, 2.75) is 31.5 Å². The number of nitrogens with two attached hydrogens (primary N) is 2. The SMILES string of the molecule is COC(N)C1=CC=C(C(N)NC(O)C(C)(F)F)CN1. The van der Waals surface area contributed by atoms with E-state index in [1.165, 1.54) is 7.11 Å². The molecule has 0 spiro atoms. The van der Waals surface area contributed by atoms with Gasteiger partial charge in [0.15, 0.2) is 6.23 Å². The summed E-state index contributed by atoms with van der Waals surface area (Å²) < 4.78 is 30.5. The largest absolute Gasteiger partial charge is 0.381 e. The molecular formula is C11H20F2N4O2. The number of aliphatic hydroxyl groups excluding tert-OH is 1. The Bertz CT molecular complexity index is 368. The van der Waals surface area contributed by atoms with Crippen LogP contribution in [0.3, 0.4) is 0 Å². The van der Waals surface area contributed by atoms with Gasteiger partial charge in [-0.2, -0.15) is 0 Å². The lowest BCUT2D eigenvalue weighted by Gasteiger charge is -2.28. The van der Waals surface area contributed by atoms with Gasteiger partial charge in [-0.3, -0.25) is 5.32 Å². The second-order valence-corrected chi connectivity index (χ2v) is 4.38. The molecule has 0 amide bonds.